The van der Waals surface area contributed by atoms with Crippen molar-refractivity contribution >= 4 is 34.2 Å². The lowest BCUT2D eigenvalue weighted by Gasteiger charge is -2.02. The van der Waals surface area contributed by atoms with E-state index in [1.54, 1.807) is 19.1 Å². The number of nitrogens with one attached hydrogen (secondary N) is 1. The molecule has 3 aromatic rings. The number of benzene rings is 1. The van der Waals surface area contributed by atoms with Crippen molar-refractivity contribution in [1.29, 1.82) is 0 Å². The Morgan fingerprint density at radius 2 is 2.04 bits per heavy atom. The van der Waals surface area contributed by atoms with Crippen LogP contribution in [0.5, 0.6) is 0 Å². The molecule has 1 aromatic carbocycles. The van der Waals surface area contributed by atoms with E-state index in [-0.39, 0.29) is 5.97 Å². The van der Waals surface area contributed by atoms with Crippen LogP contribution >= 0.6 is 23.1 Å². The summed E-state index contributed by atoms with van der Waals surface area (Å²) in [4.78, 5) is 15.9. The van der Waals surface area contributed by atoms with Crippen LogP contribution in [0, 0.1) is 0 Å². The Morgan fingerprint density at radius 3 is 2.76 bits per heavy atom. The Morgan fingerprint density at radius 1 is 1.20 bits per heavy atom. The molecule has 0 amide bonds. The van der Waals surface area contributed by atoms with Crippen molar-refractivity contribution in [2.75, 3.05) is 11.9 Å². The largest absolute Gasteiger partial charge is 0.462 e. The molecule has 0 atom stereocenters. The predicted octanol–water partition coefficient (Wildman–Crippen LogP) is 3.87. The van der Waals surface area contributed by atoms with Gasteiger partial charge in [-0.1, -0.05) is 41.7 Å². The molecule has 25 heavy (non-hydrogen) atoms. The molecule has 1 N–H and O–H groups in total. The van der Waals surface area contributed by atoms with Crippen molar-refractivity contribution in [3.05, 3.63) is 59.8 Å². The third-order valence-corrected chi connectivity index (χ3v) is 5.01. The Labute approximate surface area is 153 Å². The molecule has 0 unspecified atom stereocenters. The zero-order valence-electron chi connectivity index (χ0n) is 13.5. The maximum absolute atomic E-state index is 11.6. The highest BCUT2D eigenvalue weighted by Crippen LogP contribution is 2.30. The highest BCUT2D eigenvalue weighted by atomic mass is 32.2. The van der Waals surface area contributed by atoms with Crippen LogP contribution in [0.15, 0.2) is 58.0 Å². The fourth-order valence-electron chi connectivity index (χ4n) is 1.96. The van der Waals surface area contributed by atoms with Crippen LogP contribution in [0.25, 0.3) is 0 Å². The van der Waals surface area contributed by atoms with Crippen molar-refractivity contribution in [2.45, 2.75) is 22.8 Å². The number of esters is 1. The van der Waals surface area contributed by atoms with Crippen molar-refractivity contribution in [3.63, 3.8) is 0 Å². The van der Waals surface area contributed by atoms with E-state index in [2.05, 4.69) is 32.6 Å². The minimum Gasteiger partial charge on any atom is -0.462 e. The molecule has 0 saturated heterocycles. The van der Waals surface area contributed by atoms with Crippen LogP contribution in [0.4, 0.5) is 5.13 Å². The van der Waals surface area contributed by atoms with Gasteiger partial charge in [-0.05, 0) is 36.4 Å². The highest BCUT2D eigenvalue weighted by molar-refractivity contribution is 8.01. The van der Waals surface area contributed by atoms with E-state index < -0.39 is 0 Å². The first kappa shape index (κ1) is 17.4. The van der Waals surface area contributed by atoms with E-state index in [1.165, 1.54) is 34.9 Å². The van der Waals surface area contributed by atoms with Crippen LogP contribution < -0.4 is 5.32 Å². The minimum atomic E-state index is -0.366. The summed E-state index contributed by atoms with van der Waals surface area (Å²) in [7, 11) is 0. The second-order valence-corrected chi connectivity index (χ2v) is 7.16. The van der Waals surface area contributed by atoms with Gasteiger partial charge in [0, 0.05) is 12.7 Å². The van der Waals surface area contributed by atoms with Gasteiger partial charge in [-0.2, -0.15) is 0 Å². The highest BCUT2D eigenvalue weighted by Gasteiger charge is 2.10. The van der Waals surface area contributed by atoms with Crippen molar-refractivity contribution in [3.8, 4) is 0 Å². The zero-order valence-corrected chi connectivity index (χ0v) is 15.1. The first-order valence-electron chi connectivity index (χ1n) is 7.67. The molecule has 128 valence electrons. The molecular formula is C17H16N4O2S2. The molecule has 0 radical (unpaired) electrons. The number of carbonyl (C=O) groups is 1. The average molecular weight is 372 g/mol. The van der Waals surface area contributed by atoms with Gasteiger partial charge < -0.3 is 10.1 Å². The number of hydrogen-bond acceptors (Lipinski definition) is 8. The fourth-order valence-corrected chi connectivity index (χ4v) is 3.60. The molecule has 6 nitrogen and oxygen atoms in total. The SMILES string of the molecule is CCOC(=O)c1ccc(Sc2nnc(NCc3ccccc3)s2)nc1. The molecule has 3 rings (SSSR count). The first-order chi connectivity index (χ1) is 12.2. The van der Waals surface area contributed by atoms with Gasteiger partial charge in [0.1, 0.15) is 5.03 Å². The van der Waals surface area contributed by atoms with Gasteiger partial charge in [0.2, 0.25) is 5.13 Å². The number of pyridine rings is 1. The van der Waals surface area contributed by atoms with E-state index in [9.17, 15) is 4.79 Å². The molecular weight excluding hydrogens is 356 g/mol. The molecule has 0 saturated carbocycles. The van der Waals surface area contributed by atoms with Crippen LogP contribution in [-0.2, 0) is 11.3 Å². The summed E-state index contributed by atoms with van der Waals surface area (Å²) >= 11 is 2.87. The Kier molecular flexibility index (Phi) is 5.97. The van der Waals surface area contributed by atoms with E-state index in [1.807, 2.05) is 18.2 Å². The third-order valence-electron chi connectivity index (χ3n) is 3.13. The van der Waals surface area contributed by atoms with Crippen molar-refractivity contribution < 1.29 is 9.53 Å². The number of rotatable bonds is 7. The Balaban J connectivity index is 1.56. The van der Waals surface area contributed by atoms with Crippen LogP contribution in [-0.4, -0.2) is 27.8 Å². The number of hydrogen-bond donors (Lipinski definition) is 1. The molecule has 0 bridgehead atoms. The van der Waals surface area contributed by atoms with Gasteiger partial charge in [-0.15, -0.1) is 10.2 Å². The lowest BCUT2D eigenvalue weighted by molar-refractivity contribution is 0.0525. The molecule has 0 aliphatic heterocycles. The maximum atomic E-state index is 11.6. The number of carbonyl (C=O) groups excluding carboxylic acids is 1. The lowest BCUT2D eigenvalue weighted by Crippen LogP contribution is -2.04. The summed E-state index contributed by atoms with van der Waals surface area (Å²) in [6.45, 7) is 2.82. The van der Waals surface area contributed by atoms with Gasteiger partial charge in [0.15, 0.2) is 4.34 Å². The lowest BCUT2D eigenvalue weighted by atomic mass is 10.2. The second kappa shape index (κ2) is 8.59. The summed E-state index contributed by atoms with van der Waals surface area (Å²) in [6.07, 6.45) is 1.51. The van der Waals surface area contributed by atoms with Gasteiger partial charge in [-0.3, -0.25) is 0 Å². The standard InChI is InChI=1S/C17H16N4O2S2/c1-2-23-15(22)13-8-9-14(18-11-13)24-17-21-20-16(25-17)19-10-12-6-4-3-5-7-12/h3-9,11H,2,10H2,1H3,(H,19,20). The second-order valence-electron chi connectivity index (χ2n) is 4.92. The van der Waals surface area contributed by atoms with Crippen molar-refractivity contribution in [1.82, 2.24) is 15.2 Å². The van der Waals surface area contributed by atoms with E-state index in [0.717, 1.165) is 14.5 Å². The molecule has 2 heterocycles. The minimum absolute atomic E-state index is 0.346. The third kappa shape index (κ3) is 5.01. The zero-order chi connectivity index (χ0) is 17.5. The van der Waals surface area contributed by atoms with E-state index in [4.69, 9.17) is 4.74 Å². The molecule has 0 aliphatic carbocycles. The monoisotopic (exact) mass is 372 g/mol. The number of ether oxygens (including phenoxy) is 1. The Hall–Kier alpha value is -2.45. The topological polar surface area (TPSA) is 77.0 Å². The summed E-state index contributed by atoms with van der Waals surface area (Å²) in [5, 5.41) is 13.0. The number of nitrogens with zero attached hydrogens (tertiary/aromatic N) is 3. The summed E-state index contributed by atoms with van der Waals surface area (Å²) in [6, 6.07) is 13.6. The smallest absolute Gasteiger partial charge is 0.339 e. The molecule has 2 aromatic heterocycles. The molecule has 8 heteroatoms. The fraction of sp³-hybridized carbons (Fsp3) is 0.176. The normalized spacial score (nSPS) is 10.4. The Bertz CT molecular complexity index is 822. The van der Waals surface area contributed by atoms with E-state index in [0.29, 0.717) is 18.7 Å². The summed E-state index contributed by atoms with van der Waals surface area (Å²) in [5.41, 5.74) is 1.62. The van der Waals surface area contributed by atoms with Gasteiger partial charge in [0.05, 0.1) is 12.2 Å². The maximum Gasteiger partial charge on any atom is 0.339 e. The molecule has 0 spiro atoms. The summed E-state index contributed by atoms with van der Waals surface area (Å²) in [5.74, 6) is -0.366. The van der Waals surface area contributed by atoms with Crippen LogP contribution in [0.1, 0.15) is 22.8 Å². The van der Waals surface area contributed by atoms with E-state index >= 15 is 0 Å². The number of anilines is 1. The van der Waals surface area contributed by atoms with Gasteiger partial charge in [0.25, 0.3) is 0 Å². The quantitative estimate of drug-likeness (QED) is 0.631. The first-order valence-corrected chi connectivity index (χ1v) is 9.30. The summed E-state index contributed by atoms with van der Waals surface area (Å²) < 4.78 is 5.72. The van der Waals surface area contributed by atoms with Crippen LogP contribution in [0.2, 0.25) is 0 Å². The van der Waals surface area contributed by atoms with Gasteiger partial charge in [-0.25, -0.2) is 9.78 Å². The molecule has 0 fully saturated rings. The predicted molar refractivity (Wildman–Crippen MR) is 98.0 cm³/mol. The van der Waals surface area contributed by atoms with Gasteiger partial charge >= 0.3 is 5.97 Å². The molecule has 0 aliphatic rings. The van der Waals surface area contributed by atoms with Crippen LogP contribution in [0.3, 0.4) is 0 Å². The average Bonchev–Trinajstić information content (AvgIpc) is 3.09. The number of aromatic nitrogens is 3. The van der Waals surface area contributed by atoms with Crippen molar-refractivity contribution in [2.24, 2.45) is 0 Å².